The number of H-pyrrole nitrogens is 1. The number of rotatable bonds is 9. The number of nitrogens with two attached hydrogens (primary N) is 1. The van der Waals surface area contributed by atoms with E-state index < -0.39 is 11.2 Å². The predicted octanol–water partition coefficient (Wildman–Crippen LogP) is 2.98. The van der Waals surface area contributed by atoms with Gasteiger partial charge in [0.1, 0.15) is 5.82 Å². The zero-order chi connectivity index (χ0) is 23.3. The number of nitrogen functional groups attached to an aromatic ring is 1. The van der Waals surface area contributed by atoms with E-state index >= 15 is 0 Å². The van der Waals surface area contributed by atoms with Crippen LogP contribution in [0.25, 0.3) is 0 Å². The molecular formula is C23H32ClN5O3. The summed E-state index contributed by atoms with van der Waals surface area (Å²) in [6.45, 7) is 4.47. The highest BCUT2D eigenvalue weighted by atomic mass is 35.5. The second-order valence-corrected chi connectivity index (χ2v) is 8.72. The maximum absolute atomic E-state index is 13.2. The first-order chi connectivity index (χ1) is 15.3. The van der Waals surface area contributed by atoms with Gasteiger partial charge < -0.3 is 10.6 Å². The molecular weight excluding hydrogens is 430 g/mol. The largest absolute Gasteiger partial charge is 0.383 e. The molecule has 0 bridgehead atoms. The minimum atomic E-state index is -0.649. The quantitative estimate of drug-likeness (QED) is 0.531. The first-order valence-corrected chi connectivity index (χ1v) is 11.6. The topological polar surface area (TPSA) is 113 Å². The van der Waals surface area contributed by atoms with Gasteiger partial charge >= 0.3 is 5.69 Å². The predicted molar refractivity (Wildman–Crippen MR) is 128 cm³/mol. The minimum absolute atomic E-state index is 0.0238. The molecule has 1 aliphatic carbocycles. The van der Waals surface area contributed by atoms with Crippen molar-refractivity contribution >= 4 is 29.0 Å². The van der Waals surface area contributed by atoms with Crippen molar-refractivity contribution in [1.29, 1.82) is 0 Å². The van der Waals surface area contributed by atoms with Crippen LogP contribution in [-0.4, -0.2) is 28.5 Å². The van der Waals surface area contributed by atoms with Gasteiger partial charge in [0.15, 0.2) is 5.69 Å². The normalized spacial score (nSPS) is 15.1. The number of carbonyl (C=O) groups is 1. The Hall–Kier alpha value is -2.58. The van der Waals surface area contributed by atoms with Gasteiger partial charge in [-0.25, -0.2) is 4.79 Å². The first-order valence-electron chi connectivity index (χ1n) is 11.3. The number of halogens is 1. The molecule has 174 valence electrons. The van der Waals surface area contributed by atoms with Crippen molar-refractivity contribution in [2.24, 2.45) is 0 Å². The highest BCUT2D eigenvalue weighted by molar-refractivity contribution is 6.30. The van der Waals surface area contributed by atoms with Crippen molar-refractivity contribution in [2.45, 2.75) is 64.5 Å². The molecule has 1 aliphatic rings. The maximum atomic E-state index is 13.2. The Morgan fingerprint density at radius 3 is 2.47 bits per heavy atom. The second-order valence-electron chi connectivity index (χ2n) is 8.29. The average Bonchev–Trinajstić information content (AvgIpc) is 3.25. The Morgan fingerprint density at radius 1 is 1.22 bits per heavy atom. The fourth-order valence-corrected chi connectivity index (χ4v) is 4.62. The van der Waals surface area contributed by atoms with E-state index in [9.17, 15) is 14.4 Å². The van der Waals surface area contributed by atoms with Crippen LogP contribution < -0.4 is 27.2 Å². The van der Waals surface area contributed by atoms with Crippen molar-refractivity contribution in [2.75, 3.05) is 23.7 Å². The van der Waals surface area contributed by atoms with Crippen molar-refractivity contribution < 1.29 is 4.79 Å². The van der Waals surface area contributed by atoms with Gasteiger partial charge in [-0.2, -0.15) is 0 Å². The van der Waals surface area contributed by atoms with Crippen molar-refractivity contribution in [3.63, 3.8) is 0 Å². The lowest BCUT2D eigenvalue weighted by Crippen LogP contribution is -2.48. The maximum Gasteiger partial charge on any atom is 0.330 e. The number of hydrogen-bond acceptors (Lipinski definition) is 5. The molecule has 2 aromatic rings. The second kappa shape index (κ2) is 10.4. The van der Waals surface area contributed by atoms with Crippen LogP contribution >= 0.6 is 11.6 Å². The Morgan fingerprint density at radius 2 is 1.88 bits per heavy atom. The fourth-order valence-electron chi connectivity index (χ4n) is 4.49. The van der Waals surface area contributed by atoms with Gasteiger partial charge in [-0.1, -0.05) is 49.9 Å². The zero-order valence-electron chi connectivity index (χ0n) is 18.7. The third-order valence-electron chi connectivity index (χ3n) is 6.27. The third-order valence-corrected chi connectivity index (χ3v) is 6.52. The molecule has 9 heteroatoms. The van der Waals surface area contributed by atoms with Crippen molar-refractivity contribution in [3.05, 3.63) is 55.7 Å². The van der Waals surface area contributed by atoms with E-state index in [0.29, 0.717) is 11.6 Å². The number of amides is 1. The number of anilines is 2. The minimum Gasteiger partial charge on any atom is -0.383 e. The van der Waals surface area contributed by atoms with Crippen molar-refractivity contribution in [1.82, 2.24) is 14.9 Å². The lowest BCUT2D eigenvalue weighted by Gasteiger charge is -2.32. The molecule has 0 aliphatic heterocycles. The van der Waals surface area contributed by atoms with Crippen LogP contribution in [0.2, 0.25) is 5.02 Å². The molecule has 1 saturated carbocycles. The number of aromatic nitrogens is 2. The molecule has 1 aromatic heterocycles. The van der Waals surface area contributed by atoms with Gasteiger partial charge in [0.25, 0.3) is 5.56 Å². The Labute approximate surface area is 192 Å². The first kappa shape index (κ1) is 24.1. The van der Waals surface area contributed by atoms with Gasteiger partial charge in [-0.05, 0) is 43.9 Å². The van der Waals surface area contributed by atoms with Gasteiger partial charge in [-0.3, -0.25) is 24.5 Å². The lowest BCUT2D eigenvalue weighted by molar-refractivity contribution is -0.118. The number of aromatic amines is 1. The van der Waals surface area contributed by atoms with Crippen molar-refractivity contribution in [3.8, 4) is 0 Å². The molecule has 0 radical (unpaired) electrons. The summed E-state index contributed by atoms with van der Waals surface area (Å²) < 4.78 is 1.33. The van der Waals surface area contributed by atoms with Gasteiger partial charge in [-0.15, -0.1) is 0 Å². The van der Waals surface area contributed by atoms with Crippen LogP contribution in [0.4, 0.5) is 11.5 Å². The van der Waals surface area contributed by atoms with Crippen LogP contribution in [0, 0.1) is 0 Å². The van der Waals surface area contributed by atoms with Crippen LogP contribution in [0.3, 0.4) is 0 Å². The smallest absolute Gasteiger partial charge is 0.330 e. The van der Waals surface area contributed by atoms with Gasteiger partial charge in [0.2, 0.25) is 5.91 Å². The Bertz CT molecular complexity index is 1050. The number of unbranched alkanes of at least 4 members (excludes halogenated alkanes) is 1. The molecule has 32 heavy (non-hydrogen) atoms. The molecule has 1 amide bonds. The SMILES string of the molecule is CCCCn1c(N)c(N(CC)C(=O)CNC2(c3ccc(Cl)cc3)CCCC2)c(=O)[nH]c1=O. The molecule has 0 spiro atoms. The molecule has 8 nitrogen and oxygen atoms in total. The lowest BCUT2D eigenvalue weighted by atomic mass is 9.88. The molecule has 1 heterocycles. The molecule has 3 rings (SSSR count). The Balaban J connectivity index is 1.85. The summed E-state index contributed by atoms with van der Waals surface area (Å²) in [5.74, 6) is -0.249. The Kier molecular flexibility index (Phi) is 7.79. The number of hydrogen-bond donors (Lipinski definition) is 3. The summed E-state index contributed by atoms with van der Waals surface area (Å²) >= 11 is 6.05. The van der Waals surface area contributed by atoms with Crippen LogP contribution in [-0.2, 0) is 16.9 Å². The number of benzene rings is 1. The van der Waals surface area contributed by atoms with E-state index in [0.717, 1.165) is 44.1 Å². The third kappa shape index (κ3) is 4.91. The van der Waals surface area contributed by atoms with Crippen LogP contribution in [0.15, 0.2) is 33.9 Å². The van der Waals surface area contributed by atoms with E-state index in [1.807, 2.05) is 31.2 Å². The summed E-state index contributed by atoms with van der Waals surface area (Å²) in [6.07, 6.45) is 5.57. The summed E-state index contributed by atoms with van der Waals surface area (Å²) in [5, 5.41) is 4.13. The summed E-state index contributed by atoms with van der Waals surface area (Å²) in [4.78, 5) is 41.7. The van der Waals surface area contributed by atoms with E-state index in [1.165, 1.54) is 9.47 Å². The number of likely N-dealkylation sites (N-methyl/N-ethyl adjacent to an activating group) is 1. The molecule has 0 unspecified atom stereocenters. The molecule has 4 N–H and O–H groups in total. The fraction of sp³-hybridized carbons (Fsp3) is 0.522. The van der Waals surface area contributed by atoms with E-state index in [-0.39, 0.29) is 36.0 Å². The van der Waals surface area contributed by atoms with Gasteiger partial charge in [0.05, 0.1) is 6.54 Å². The van der Waals surface area contributed by atoms with Gasteiger partial charge in [0, 0.05) is 23.7 Å². The molecule has 1 aromatic carbocycles. The molecule has 0 saturated heterocycles. The highest BCUT2D eigenvalue weighted by Crippen LogP contribution is 2.39. The number of carbonyl (C=O) groups excluding carboxylic acids is 1. The highest BCUT2D eigenvalue weighted by Gasteiger charge is 2.36. The summed E-state index contributed by atoms with van der Waals surface area (Å²) in [6, 6.07) is 7.71. The summed E-state index contributed by atoms with van der Waals surface area (Å²) in [7, 11) is 0. The van der Waals surface area contributed by atoms with E-state index in [1.54, 1.807) is 6.92 Å². The van der Waals surface area contributed by atoms with Crippen LogP contribution in [0.1, 0.15) is 57.9 Å². The molecule has 0 atom stereocenters. The molecule has 1 fully saturated rings. The monoisotopic (exact) mass is 461 g/mol. The number of nitrogens with zero attached hydrogens (tertiary/aromatic N) is 2. The van der Waals surface area contributed by atoms with Crippen LogP contribution in [0.5, 0.6) is 0 Å². The van der Waals surface area contributed by atoms with E-state index in [2.05, 4.69) is 10.3 Å². The number of nitrogens with one attached hydrogen (secondary N) is 2. The zero-order valence-corrected chi connectivity index (χ0v) is 19.5. The average molecular weight is 462 g/mol. The van der Waals surface area contributed by atoms with E-state index in [4.69, 9.17) is 17.3 Å². The summed E-state index contributed by atoms with van der Waals surface area (Å²) in [5.41, 5.74) is 5.82. The standard InChI is InChI=1S/C23H32ClN5O3/c1-3-5-14-29-20(25)19(21(31)27-22(29)32)28(4-2)18(30)15-26-23(12-6-7-13-23)16-8-10-17(24)11-9-16/h8-11,26H,3-7,12-15,25H2,1-2H3,(H,27,31,32).